The average Bonchev–Trinajstić information content (AvgIpc) is 3.32. The summed E-state index contributed by atoms with van der Waals surface area (Å²) in [6, 6.07) is 5.23. The Morgan fingerprint density at radius 1 is 1.33 bits per heavy atom. The van der Waals surface area contributed by atoms with Crippen molar-refractivity contribution in [1.82, 2.24) is 4.31 Å². The molecule has 1 aliphatic carbocycles. The summed E-state index contributed by atoms with van der Waals surface area (Å²) >= 11 is 0. The van der Waals surface area contributed by atoms with Gasteiger partial charge in [-0.1, -0.05) is 6.07 Å². The van der Waals surface area contributed by atoms with E-state index in [9.17, 15) is 8.42 Å². The van der Waals surface area contributed by atoms with E-state index in [0.29, 0.717) is 31.4 Å². The van der Waals surface area contributed by atoms with Gasteiger partial charge in [0.2, 0.25) is 10.0 Å². The molecular weight excluding hydrogens is 290 g/mol. The maximum atomic E-state index is 13.1. The van der Waals surface area contributed by atoms with E-state index in [4.69, 9.17) is 9.47 Å². The number of ether oxygens (including phenoxy) is 2. The molecular formula is C15H21NO4S. The van der Waals surface area contributed by atoms with Crippen LogP contribution in [0.25, 0.3) is 0 Å². The lowest BCUT2D eigenvalue weighted by atomic mass is 10.2. The van der Waals surface area contributed by atoms with Gasteiger partial charge in [0.15, 0.2) is 0 Å². The van der Waals surface area contributed by atoms with Crippen LogP contribution in [0.4, 0.5) is 0 Å². The lowest BCUT2D eigenvalue weighted by Crippen LogP contribution is -2.49. The molecule has 5 nitrogen and oxygen atoms in total. The van der Waals surface area contributed by atoms with Crippen molar-refractivity contribution in [2.75, 3.05) is 26.9 Å². The number of rotatable bonds is 4. The van der Waals surface area contributed by atoms with Crippen LogP contribution in [0.15, 0.2) is 23.1 Å². The summed E-state index contributed by atoms with van der Waals surface area (Å²) in [5, 5.41) is 0. The lowest BCUT2D eigenvalue weighted by Gasteiger charge is -2.35. The molecule has 1 saturated carbocycles. The number of hydrogen-bond donors (Lipinski definition) is 0. The number of sulfonamides is 1. The quantitative estimate of drug-likeness (QED) is 0.851. The van der Waals surface area contributed by atoms with Crippen molar-refractivity contribution < 1.29 is 17.9 Å². The fourth-order valence-electron chi connectivity index (χ4n) is 2.87. The molecule has 1 heterocycles. The van der Waals surface area contributed by atoms with Crippen LogP contribution in [0.2, 0.25) is 0 Å². The molecule has 1 aromatic carbocycles. The number of benzene rings is 1. The minimum absolute atomic E-state index is 0.0334. The number of morpholine rings is 1. The van der Waals surface area contributed by atoms with Crippen LogP contribution < -0.4 is 4.74 Å². The maximum Gasteiger partial charge on any atom is 0.247 e. The summed E-state index contributed by atoms with van der Waals surface area (Å²) in [6.45, 7) is 3.26. The zero-order valence-corrected chi connectivity index (χ0v) is 13.2. The Kier molecular flexibility index (Phi) is 3.94. The van der Waals surface area contributed by atoms with Gasteiger partial charge in [-0.15, -0.1) is 0 Å². The molecule has 2 aliphatic rings. The zero-order chi connectivity index (χ0) is 15.0. The van der Waals surface area contributed by atoms with E-state index in [0.717, 1.165) is 18.4 Å². The smallest absolute Gasteiger partial charge is 0.247 e. The van der Waals surface area contributed by atoms with E-state index in [-0.39, 0.29) is 10.9 Å². The number of hydrogen-bond acceptors (Lipinski definition) is 4. The number of methoxy groups -OCH3 is 1. The van der Waals surface area contributed by atoms with Crippen molar-refractivity contribution in [3.05, 3.63) is 23.8 Å². The van der Waals surface area contributed by atoms with Crippen LogP contribution in [-0.4, -0.2) is 45.6 Å². The molecule has 3 rings (SSSR count). The number of nitrogens with zero attached hydrogens (tertiary/aromatic N) is 1. The summed E-state index contributed by atoms with van der Waals surface area (Å²) in [5.74, 6) is 0.845. The Morgan fingerprint density at radius 2 is 2.10 bits per heavy atom. The van der Waals surface area contributed by atoms with Gasteiger partial charge in [0, 0.05) is 6.54 Å². The van der Waals surface area contributed by atoms with Gasteiger partial charge in [0.1, 0.15) is 10.6 Å². The minimum Gasteiger partial charge on any atom is -0.495 e. The third-order valence-electron chi connectivity index (χ3n) is 4.19. The topological polar surface area (TPSA) is 55.8 Å². The van der Waals surface area contributed by atoms with Crippen molar-refractivity contribution in [2.24, 2.45) is 5.92 Å². The fraction of sp³-hybridized carbons (Fsp3) is 0.600. The van der Waals surface area contributed by atoms with E-state index in [2.05, 4.69) is 0 Å². The van der Waals surface area contributed by atoms with Gasteiger partial charge in [-0.3, -0.25) is 0 Å². The Balaban J connectivity index is 2.00. The molecule has 0 amide bonds. The van der Waals surface area contributed by atoms with Crippen molar-refractivity contribution in [2.45, 2.75) is 30.7 Å². The largest absolute Gasteiger partial charge is 0.495 e. The summed E-state index contributed by atoms with van der Waals surface area (Å²) < 4.78 is 38.5. The second-order valence-corrected chi connectivity index (χ2v) is 7.61. The van der Waals surface area contributed by atoms with Crippen LogP contribution in [0.3, 0.4) is 0 Å². The van der Waals surface area contributed by atoms with Crippen molar-refractivity contribution >= 4 is 10.0 Å². The second kappa shape index (κ2) is 5.59. The first kappa shape index (κ1) is 14.8. The fourth-order valence-corrected chi connectivity index (χ4v) is 4.77. The highest BCUT2D eigenvalue weighted by atomic mass is 32.2. The first-order valence-electron chi connectivity index (χ1n) is 7.28. The molecule has 0 unspecified atom stereocenters. The Hall–Kier alpha value is -1.11. The van der Waals surface area contributed by atoms with E-state index in [1.807, 2.05) is 13.0 Å². The molecule has 0 radical (unpaired) electrons. The Labute approximate surface area is 125 Å². The lowest BCUT2D eigenvalue weighted by molar-refractivity contribution is 0.0246. The average molecular weight is 311 g/mol. The molecule has 0 aromatic heterocycles. The third kappa shape index (κ3) is 2.80. The zero-order valence-electron chi connectivity index (χ0n) is 12.4. The molecule has 1 atom stereocenters. The van der Waals surface area contributed by atoms with Gasteiger partial charge in [-0.05, 0) is 43.4 Å². The van der Waals surface area contributed by atoms with Gasteiger partial charge in [0.05, 0.1) is 26.4 Å². The van der Waals surface area contributed by atoms with Gasteiger partial charge in [-0.25, -0.2) is 8.42 Å². The van der Waals surface area contributed by atoms with E-state index >= 15 is 0 Å². The molecule has 1 saturated heterocycles. The normalized spacial score (nSPS) is 24.0. The van der Waals surface area contributed by atoms with Crippen LogP contribution in [-0.2, 0) is 14.8 Å². The van der Waals surface area contributed by atoms with Crippen molar-refractivity contribution in [3.8, 4) is 5.75 Å². The van der Waals surface area contributed by atoms with E-state index in [1.165, 1.54) is 7.11 Å². The van der Waals surface area contributed by atoms with Crippen molar-refractivity contribution in [1.29, 1.82) is 0 Å². The summed E-state index contributed by atoms with van der Waals surface area (Å²) in [7, 11) is -2.05. The molecule has 2 fully saturated rings. The van der Waals surface area contributed by atoms with Gasteiger partial charge < -0.3 is 9.47 Å². The summed E-state index contributed by atoms with van der Waals surface area (Å²) in [6.07, 6.45) is 2.18. The molecule has 6 heteroatoms. The highest BCUT2D eigenvalue weighted by Gasteiger charge is 2.43. The van der Waals surface area contributed by atoms with E-state index < -0.39 is 10.0 Å². The standard InChI is InChI=1S/C15H21NO4S/c1-11-3-6-14(19-2)15(9-11)21(17,18)16-7-8-20-10-13(16)12-4-5-12/h3,6,9,12-13H,4-5,7-8,10H2,1-2H3/t13-/m0/s1. The molecule has 116 valence electrons. The molecule has 1 aromatic rings. The monoisotopic (exact) mass is 311 g/mol. The first-order chi connectivity index (χ1) is 10.0. The molecule has 0 N–H and O–H groups in total. The van der Waals surface area contributed by atoms with Crippen LogP contribution in [0.5, 0.6) is 5.75 Å². The maximum absolute atomic E-state index is 13.1. The molecule has 21 heavy (non-hydrogen) atoms. The van der Waals surface area contributed by atoms with Gasteiger partial charge >= 0.3 is 0 Å². The van der Waals surface area contributed by atoms with Crippen LogP contribution in [0, 0.1) is 12.8 Å². The second-order valence-electron chi connectivity index (χ2n) is 5.75. The Morgan fingerprint density at radius 3 is 2.76 bits per heavy atom. The van der Waals surface area contributed by atoms with Crippen LogP contribution in [0.1, 0.15) is 18.4 Å². The summed E-state index contributed by atoms with van der Waals surface area (Å²) in [5.41, 5.74) is 0.908. The predicted molar refractivity (Wildman–Crippen MR) is 79.0 cm³/mol. The Bertz CT molecular complexity index is 625. The molecule has 0 bridgehead atoms. The van der Waals surface area contributed by atoms with Gasteiger partial charge in [-0.2, -0.15) is 4.31 Å². The van der Waals surface area contributed by atoms with Crippen LogP contribution >= 0.6 is 0 Å². The third-order valence-corrected chi connectivity index (χ3v) is 6.13. The molecule has 0 spiro atoms. The number of aryl methyl sites for hydroxylation is 1. The van der Waals surface area contributed by atoms with E-state index in [1.54, 1.807) is 16.4 Å². The predicted octanol–water partition coefficient (Wildman–Crippen LogP) is 1.80. The molecule has 1 aliphatic heterocycles. The van der Waals surface area contributed by atoms with Crippen molar-refractivity contribution in [3.63, 3.8) is 0 Å². The summed E-state index contributed by atoms with van der Waals surface area (Å²) in [4.78, 5) is 0.262. The first-order valence-corrected chi connectivity index (χ1v) is 8.72. The SMILES string of the molecule is COc1ccc(C)cc1S(=O)(=O)N1CCOC[C@H]1C1CC1. The minimum atomic E-state index is -3.55. The highest BCUT2D eigenvalue weighted by Crippen LogP contribution is 2.39. The van der Waals surface area contributed by atoms with Gasteiger partial charge in [0.25, 0.3) is 0 Å². The highest BCUT2D eigenvalue weighted by molar-refractivity contribution is 7.89.